The number of hydrogen-bond acceptors (Lipinski definition) is 4. The number of benzene rings is 1. The highest BCUT2D eigenvalue weighted by Gasteiger charge is 2.41. The van der Waals surface area contributed by atoms with Crippen LogP contribution in [0.15, 0.2) is 18.2 Å². The predicted molar refractivity (Wildman–Crippen MR) is 74.1 cm³/mol. The van der Waals surface area contributed by atoms with Gasteiger partial charge in [0.2, 0.25) is 0 Å². The molecular formula is C14H16N2O5. The first-order valence-corrected chi connectivity index (χ1v) is 6.63. The molecule has 0 unspecified atom stereocenters. The van der Waals surface area contributed by atoms with Gasteiger partial charge in [-0.15, -0.1) is 0 Å². The number of carbonyl (C=O) groups excluding carboxylic acids is 1. The molecule has 1 aliphatic rings. The Morgan fingerprint density at radius 1 is 1.43 bits per heavy atom. The van der Waals surface area contributed by atoms with Crippen molar-refractivity contribution < 1.29 is 19.6 Å². The summed E-state index contributed by atoms with van der Waals surface area (Å²) in [6, 6.07) is 4.40. The molecule has 0 saturated heterocycles. The monoisotopic (exact) mass is 292 g/mol. The molecule has 1 aromatic rings. The maximum Gasteiger partial charge on any atom is 0.305 e. The van der Waals surface area contributed by atoms with E-state index in [9.17, 15) is 19.7 Å². The van der Waals surface area contributed by atoms with Crippen LogP contribution in [0.5, 0.6) is 0 Å². The molecule has 0 spiro atoms. The number of rotatable bonds is 5. The number of nitro groups is 1. The van der Waals surface area contributed by atoms with Crippen LogP contribution in [-0.4, -0.2) is 27.4 Å². The number of aliphatic carboxylic acids is 1. The Labute approximate surface area is 121 Å². The highest BCUT2D eigenvalue weighted by atomic mass is 16.6. The zero-order valence-electron chi connectivity index (χ0n) is 11.6. The first-order valence-electron chi connectivity index (χ1n) is 6.63. The zero-order valence-corrected chi connectivity index (χ0v) is 11.6. The molecule has 7 heteroatoms. The molecule has 0 atom stereocenters. The van der Waals surface area contributed by atoms with Gasteiger partial charge in [0.1, 0.15) is 5.56 Å². The van der Waals surface area contributed by atoms with Crippen molar-refractivity contribution in [1.82, 2.24) is 5.32 Å². The van der Waals surface area contributed by atoms with Crippen LogP contribution in [0.2, 0.25) is 0 Å². The molecule has 2 N–H and O–H groups in total. The van der Waals surface area contributed by atoms with Crippen LogP contribution in [-0.2, 0) is 4.79 Å². The van der Waals surface area contributed by atoms with E-state index < -0.39 is 22.3 Å². The lowest BCUT2D eigenvalue weighted by atomic mass is 9.74. The average Bonchev–Trinajstić information content (AvgIpc) is 2.34. The van der Waals surface area contributed by atoms with E-state index in [-0.39, 0.29) is 17.7 Å². The van der Waals surface area contributed by atoms with E-state index in [0.29, 0.717) is 18.4 Å². The summed E-state index contributed by atoms with van der Waals surface area (Å²) in [6.07, 6.45) is 1.82. The van der Waals surface area contributed by atoms with Crippen molar-refractivity contribution in [2.75, 3.05) is 0 Å². The van der Waals surface area contributed by atoms with Gasteiger partial charge in [-0.2, -0.15) is 0 Å². The number of nitro benzene ring substituents is 1. The van der Waals surface area contributed by atoms with E-state index in [1.165, 1.54) is 12.1 Å². The first kappa shape index (κ1) is 15.0. The number of carboxylic acid groups (broad SMARTS) is 1. The molecule has 1 aromatic carbocycles. The van der Waals surface area contributed by atoms with Gasteiger partial charge in [-0.3, -0.25) is 19.7 Å². The summed E-state index contributed by atoms with van der Waals surface area (Å²) in [6.45, 7) is 1.62. The molecule has 1 saturated carbocycles. The lowest BCUT2D eigenvalue weighted by molar-refractivity contribution is -0.385. The Kier molecular flexibility index (Phi) is 3.93. The minimum Gasteiger partial charge on any atom is -0.481 e. The van der Waals surface area contributed by atoms with Crippen molar-refractivity contribution in [1.29, 1.82) is 0 Å². The van der Waals surface area contributed by atoms with Gasteiger partial charge in [0.05, 0.1) is 16.9 Å². The molecule has 2 rings (SSSR count). The van der Waals surface area contributed by atoms with E-state index in [0.717, 1.165) is 6.42 Å². The van der Waals surface area contributed by atoms with E-state index in [2.05, 4.69) is 5.32 Å². The first-order chi connectivity index (χ1) is 9.84. The maximum absolute atomic E-state index is 12.4. The summed E-state index contributed by atoms with van der Waals surface area (Å²) < 4.78 is 0. The minimum absolute atomic E-state index is 0.000774. The summed E-state index contributed by atoms with van der Waals surface area (Å²) in [5.41, 5.74) is -0.554. The molecule has 0 radical (unpaired) electrons. The van der Waals surface area contributed by atoms with Gasteiger partial charge in [0.25, 0.3) is 11.6 Å². The molecule has 1 fully saturated rings. The Morgan fingerprint density at radius 2 is 2.10 bits per heavy atom. The van der Waals surface area contributed by atoms with Crippen LogP contribution in [0.3, 0.4) is 0 Å². The van der Waals surface area contributed by atoms with Crippen molar-refractivity contribution >= 4 is 17.6 Å². The Morgan fingerprint density at radius 3 is 2.57 bits per heavy atom. The van der Waals surface area contributed by atoms with Crippen molar-refractivity contribution in [3.8, 4) is 0 Å². The molecule has 1 amide bonds. The van der Waals surface area contributed by atoms with Crippen molar-refractivity contribution in [3.05, 3.63) is 39.4 Å². The number of aryl methyl sites for hydroxylation is 1. The van der Waals surface area contributed by atoms with Crippen molar-refractivity contribution in [3.63, 3.8) is 0 Å². The van der Waals surface area contributed by atoms with Gasteiger partial charge in [-0.25, -0.2) is 0 Å². The summed E-state index contributed by atoms with van der Waals surface area (Å²) in [4.78, 5) is 33.7. The van der Waals surface area contributed by atoms with Crippen LogP contribution in [0.4, 0.5) is 5.69 Å². The lowest BCUT2D eigenvalue weighted by Gasteiger charge is -2.41. The Balaban J connectivity index is 2.28. The minimum atomic E-state index is -0.991. The van der Waals surface area contributed by atoms with Crippen LogP contribution >= 0.6 is 0 Å². The van der Waals surface area contributed by atoms with Gasteiger partial charge in [0.15, 0.2) is 0 Å². The number of nitrogens with one attached hydrogen (secondary N) is 1. The maximum atomic E-state index is 12.4. The van der Waals surface area contributed by atoms with Crippen molar-refractivity contribution in [2.45, 2.75) is 38.1 Å². The molecular weight excluding hydrogens is 276 g/mol. The van der Waals surface area contributed by atoms with Crippen LogP contribution in [0.25, 0.3) is 0 Å². The fourth-order valence-corrected chi connectivity index (χ4v) is 2.64. The predicted octanol–water partition coefficient (Wildman–Crippen LogP) is 2.03. The highest BCUT2D eigenvalue weighted by molar-refractivity contribution is 6.00. The summed E-state index contributed by atoms with van der Waals surface area (Å²) >= 11 is 0. The molecule has 7 nitrogen and oxygen atoms in total. The fraction of sp³-hybridized carbons (Fsp3) is 0.429. The summed E-state index contributed by atoms with van der Waals surface area (Å²) in [7, 11) is 0. The Hall–Kier alpha value is -2.44. The topological polar surface area (TPSA) is 110 Å². The normalized spacial score (nSPS) is 15.9. The highest BCUT2D eigenvalue weighted by Crippen LogP contribution is 2.36. The largest absolute Gasteiger partial charge is 0.481 e. The molecule has 1 aliphatic carbocycles. The SMILES string of the molecule is Cc1cccc([N+](=O)[O-])c1C(=O)NC1(CC(=O)O)CCC1. The van der Waals surface area contributed by atoms with Crippen LogP contribution < -0.4 is 5.32 Å². The smallest absolute Gasteiger partial charge is 0.305 e. The number of nitrogens with zero attached hydrogens (tertiary/aromatic N) is 1. The summed E-state index contributed by atoms with van der Waals surface area (Å²) in [5.74, 6) is -1.57. The third-order valence-electron chi connectivity index (χ3n) is 3.85. The van der Waals surface area contributed by atoms with Crippen LogP contribution in [0, 0.1) is 17.0 Å². The quantitative estimate of drug-likeness (QED) is 0.637. The molecule has 0 bridgehead atoms. The second kappa shape index (κ2) is 5.51. The number of carboxylic acids is 1. The second-order valence-electron chi connectivity index (χ2n) is 5.38. The fourth-order valence-electron chi connectivity index (χ4n) is 2.64. The standard InChI is InChI=1S/C14H16N2O5/c1-9-4-2-5-10(16(20)21)12(9)13(19)15-14(6-3-7-14)8-11(17)18/h2,4-5H,3,6-8H2,1H3,(H,15,19)(H,17,18). The van der Waals surface area contributed by atoms with Gasteiger partial charge in [-0.05, 0) is 31.7 Å². The molecule has 0 aromatic heterocycles. The molecule has 112 valence electrons. The van der Waals surface area contributed by atoms with Gasteiger partial charge >= 0.3 is 5.97 Å². The van der Waals surface area contributed by atoms with E-state index in [4.69, 9.17) is 5.11 Å². The molecule has 21 heavy (non-hydrogen) atoms. The van der Waals surface area contributed by atoms with Crippen molar-refractivity contribution in [2.24, 2.45) is 0 Å². The third-order valence-corrected chi connectivity index (χ3v) is 3.85. The Bertz CT molecular complexity index is 607. The summed E-state index contributed by atoms with van der Waals surface area (Å²) in [5, 5.41) is 22.7. The van der Waals surface area contributed by atoms with Gasteiger partial charge in [0, 0.05) is 6.07 Å². The second-order valence-corrected chi connectivity index (χ2v) is 5.38. The molecule has 0 aliphatic heterocycles. The van der Waals surface area contributed by atoms with Gasteiger partial charge < -0.3 is 10.4 Å². The van der Waals surface area contributed by atoms with Gasteiger partial charge in [-0.1, -0.05) is 12.1 Å². The number of carbonyl (C=O) groups is 2. The van der Waals surface area contributed by atoms with E-state index in [1.54, 1.807) is 13.0 Å². The zero-order chi connectivity index (χ0) is 15.6. The van der Waals surface area contributed by atoms with E-state index in [1.807, 2.05) is 0 Å². The van der Waals surface area contributed by atoms with E-state index >= 15 is 0 Å². The lowest BCUT2D eigenvalue weighted by Crippen LogP contribution is -2.54. The van der Waals surface area contributed by atoms with Crippen LogP contribution in [0.1, 0.15) is 41.6 Å². The number of hydrogen-bond donors (Lipinski definition) is 2. The molecule has 0 heterocycles. The third kappa shape index (κ3) is 3.01. The average molecular weight is 292 g/mol. The number of amides is 1.